The maximum absolute atomic E-state index is 6.83. The van der Waals surface area contributed by atoms with Crippen LogP contribution in [0, 0.1) is 0 Å². The van der Waals surface area contributed by atoms with E-state index in [1.165, 1.54) is 0 Å². The molecule has 5 heteroatoms. The van der Waals surface area contributed by atoms with Crippen molar-refractivity contribution in [3.05, 3.63) is 102 Å². The van der Waals surface area contributed by atoms with E-state index in [9.17, 15) is 0 Å². The van der Waals surface area contributed by atoms with E-state index in [1.807, 2.05) is 30.3 Å². The molecule has 3 heterocycles. The Morgan fingerprint density at radius 1 is 0.655 bits per heavy atom. The van der Waals surface area contributed by atoms with Gasteiger partial charge in [0.25, 0.3) is 0 Å². The zero-order valence-corrected chi connectivity index (χ0v) is 17.3. The lowest BCUT2D eigenvalue weighted by atomic mass is 10.1. The van der Waals surface area contributed by atoms with E-state index in [4.69, 9.17) is 13.3 Å². The van der Waals surface area contributed by atoms with E-state index < -0.39 is 8.80 Å². The van der Waals surface area contributed by atoms with E-state index >= 15 is 0 Å². The molecule has 0 aliphatic carbocycles. The van der Waals surface area contributed by atoms with Crippen LogP contribution in [0.25, 0.3) is 0 Å². The molecule has 3 fully saturated rings. The topological polar surface area (TPSA) is 30.9 Å². The zero-order chi connectivity index (χ0) is 19.5. The van der Waals surface area contributed by atoms with Gasteiger partial charge in [0, 0.05) is 24.8 Å². The lowest BCUT2D eigenvalue weighted by molar-refractivity contribution is -0.0617. The number of hydrogen-bond acceptors (Lipinski definition) is 4. The minimum Gasteiger partial charge on any atom is -0.369 e. The van der Waals surface area contributed by atoms with Crippen LogP contribution in [0.2, 0.25) is 0 Å². The number of rotatable bonds is 3. The molecule has 148 valence electrons. The first-order chi connectivity index (χ1) is 14.3. The molecule has 0 saturated carbocycles. The first-order valence-electron chi connectivity index (χ1n) is 10.2. The van der Waals surface area contributed by atoms with Crippen LogP contribution < -0.4 is 5.19 Å². The molecule has 3 aromatic carbocycles. The Labute approximate surface area is 173 Å². The summed E-state index contributed by atoms with van der Waals surface area (Å²) in [5, 5.41) is 1.03. The molecule has 2 atom stereocenters. The molecular weight excluding hydrogens is 378 g/mol. The third kappa shape index (κ3) is 3.92. The van der Waals surface area contributed by atoms with Crippen LogP contribution in [0.4, 0.5) is 0 Å². The second-order valence-electron chi connectivity index (χ2n) is 7.56. The largest absolute Gasteiger partial charge is 0.538 e. The van der Waals surface area contributed by atoms with Crippen molar-refractivity contribution in [1.29, 1.82) is 0 Å². The smallest absolute Gasteiger partial charge is 0.369 e. The summed E-state index contributed by atoms with van der Waals surface area (Å²) in [5.74, 6) is 0. The molecule has 0 N–H and O–H groups in total. The van der Waals surface area contributed by atoms with Crippen LogP contribution in [0.15, 0.2) is 91.0 Å². The van der Waals surface area contributed by atoms with Gasteiger partial charge in [0.2, 0.25) is 0 Å². The van der Waals surface area contributed by atoms with Gasteiger partial charge in [-0.25, -0.2) is 0 Å². The first kappa shape index (κ1) is 18.7. The third-order valence-corrected chi connectivity index (χ3v) is 8.43. The van der Waals surface area contributed by atoms with Gasteiger partial charge in [-0.2, -0.15) is 0 Å². The SMILES string of the molecule is c1ccc(C2CN3CCO[Si](c4ccccc4)(O2)OC(c2ccccc2)C3)cc1. The van der Waals surface area contributed by atoms with Gasteiger partial charge in [0.1, 0.15) is 0 Å². The fraction of sp³-hybridized carbons (Fsp3) is 0.250. The van der Waals surface area contributed by atoms with Gasteiger partial charge in [-0.15, -0.1) is 0 Å². The highest BCUT2D eigenvalue weighted by Gasteiger charge is 2.51. The lowest BCUT2D eigenvalue weighted by Gasteiger charge is -2.45. The predicted octanol–water partition coefficient (Wildman–Crippen LogP) is 3.69. The Bertz CT molecular complexity index is 871. The Hall–Kier alpha value is -2.28. The molecule has 0 amide bonds. The molecule has 3 aliphatic rings. The van der Waals surface area contributed by atoms with Gasteiger partial charge in [0.05, 0.1) is 18.8 Å². The van der Waals surface area contributed by atoms with Crippen molar-refractivity contribution in [2.24, 2.45) is 0 Å². The van der Waals surface area contributed by atoms with Gasteiger partial charge < -0.3 is 13.3 Å². The van der Waals surface area contributed by atoms with E-state index in [1.54, 1.807) is 0 Å². The summed E-state index contributed by atoms with van der Waals surface area (Å²) in [4.78, 5) is 2.40. The molecule has 3 aliphatic heterocycles. The van der Waals surface area contributed by atoms with Crippen LogP contribution in [0.5, 0.6) is 0 Å². The molecule has 0 aromatic heterocycles. The van der Waals surface area contributed by atoms with Gasteiger partial charge in [-0.3, -0.25) is 4.90 Å². The third-order valence-electron chi connectivity index (χ3n) is 5.61. The number of benzene rings is 3. The Morgan fingerprint density at radius 2 is 1.14 bits per heavy atom. The molecular formula is C24H25NO3Si. The van der Waals surface area contributed by atoms with Gasteiger partial charge in [-0.1, -0.05) is 91.0 Å². The summed E-state index contributed by atoms with van der Waals surface area (Å²) < 4.78 is 20.1. The summed E-state index contributed by atoms with van der Waals surface area (Å²) in [6, 6.07) is 31.1. The van der Waals surface area contributed by atoms with Crippen LogP contribution >= 0.6 is 0 Å². The fourth-order valence-corrected chi connectivity index (χ4v) is 6.89. The zero-order valence-electron chi connectivity index (χ0n) is 16.3. The fourth-order valence-electron chi connectivity index (χ4n) is 4.12. The van der Waals surface area contributed by atoms with Crippen molar-refractivity contribution < 1.29 is 13.3 Å². The molecule has 0 radical (unpaired) electrons. The van der Waals surface area contributed by atoms with E-state index in [2.05, 4.69) is 65.6 Å². The Morgan fingerprint density at radius 3 is 1.66 bits per heavy atom. The standard InChI is InChI=1S/C24H25NO3Si/c1-4-10-20(11-5-1)23-18-25-16-17-26-29(27-23,22-14-8-3-9-15-22)28-24(19-25)21-12-6-2-7-13-21/h1-15,23-24H,16-19H2. The Kier molecular flexibility index (Phi) is 5.31. The Balaban J connectivity index is 1.59. The molecule has 4 nitrogen and oxygen atoms in total. The van der Waals surface area contributed by atoms with Crippen molar-refractivity contribution in [3.8, 4) is 0 Å². The number of nitrogens with zero attached hydrogens (tertiary/aromatic N) is 1. The van der Waals surface area contributed by atoms with Crippen molar-refractivity contribution in [3.63, 3.8) is 0 Å². The van der Waals surface area contributed by atoms with E-state index in [-0.39, 0.29) is 12.2 Å². The monoisotopic (exact) mass is 403 g/mol. The minimum absolute atomic E-state index is 0.0832. The normalized spacial score (nSPS) is 29.6. The van der Waals surface area contributed by atoms with Crippen LogP contribution in [0.3, 0.4) is 0 Å². The van der Waals surface area contributed by atoms with Crippen LogP contribution in [-0.2, 0) is 13.3 Å². The summed E-state index contributed by atoms with van der Waals surface area (Å²) in [7, 11) is -3.12. The van der Waals surface area contributed by atoms with E-state index in [0.717, 1.165) is 35.9 Å². The molecule has 29 heavy (non-hydrogen) atoms. The second-order valence-corrected chi connectivity index (χ2v) is 10.0. The van der Waals surface area contributed by atoms with E-state index in [0.29, 0.717) is 6.61 Å². The summed E-state index contributed by atoms with van der Waals surface area (Å²) in [6.45, 7) is 3.16. The van der Waals surface area contributed by atoms with Crippen molar-refractivity contribution in [2.45, 2.75) is 12.2 Å². The lowest BCUT2D eigenvalue weighted by Crippen LogP contribution is -2.63. The summed E-state index contributed by atoms with van der Waals surface area (Å²) >= 11 is 0. The van der Waals surface area contributed by atoms with Gasteiger partial charge >= 0.3 is 8.80 Å². The van der Waals surface area contributed by atoms with Crippen LogP contribution in [-0.4, -0.2) is 39.9 Å². The predicted molar refractivity (Wildman–Crippen MR) is 115 cm³/mol. The maximum atomic E-state index is 6.83. The van der Waals surface area contributed by atoms with Crippen molar-refractivity contribution >= 4 is 14.0 Å². The summed E-state index contributed by atoms with van der Waals surface area (Å²) in [5.41, 5.74) is 2.33. The van der Waals surface area contributed by atoms with Crippen molar-refractivity contribution in [2.75, 3.05) is 26.2 Å². The first-order valence-corrected chi connectivity index (χ1v) is 11.9. The number of fused-ring (bicyclic) bond motifs is 6. The molecule has 3 aromatic rings. The highest BCUT2D eigenvalue weighted by molar-refractivity contribution is 6.75. The number of hydrogen-bond donors (Lipinski definition) is 0. The molecule has 0 spiro atoms. The van der Waals surface area contributed by atoms with Gasteiger partial charge in [0.15, 0.2) is 0 Å². The molecule has 2 bridgehead atoms. The molecule has 2 unspecified atom stereocenters. The minimum atomic E-state index is -3.12. The maximum Gasteiger partial charge on any atom is 0.538 e. The second kappa shape index (κ2) is 8.22. The quantitative estimate of drug-likeness (QED) is 0.624. The van der Waals surface area contributed by atoms with Gasteiger partial charge in [-0.05, 0) is 11.1 Å². The highest BCUT2D eigenvalue weighted by atomic mass is 28.4. The van der Waals surface area contributed by atoms with Crippen molar-refractivity contribution in [1.82, 2.24) is 4.90 Å². The average Bonchev–Trinajstić information content (AvgIpc) is 2.75. The highest BCUT2D eigenvalue weighted by Crippen LogP contribution is 2.34. The molecule has 3 saturated heterocycles. The molecule has 6 rings (SSSR count). The van der Waals surface area contributed by atoms with Crippen LogP contribution in [0.1, 0.15) is 23.3 Å². The summed E-state index contributed by atoms with van der Waals surface area (Å²) in [6.07, 6.45) is -0.166. The average molecular weight is 404 g/mol.